The SMILES string of the molecule is CC(C)S(=O)(=O)NCCCCCNc1cccc(OC(F)(F)C(F)F)c1. The zero-order valence-corrected chi connectivity index (χ0v) is 15.5. The molecule has 0 radical (unpaired) electrons. The first kappa shape index (κ1) is 22.5. The quantitative estimate of drug-likeness (QED) is 0.413. The van der Waals surface area contributed by atoms with Gasteiger partial charge in [-0.05, 0) is 38.8 Å². The van der Waals surface area contributed by atoms with Crippen molar-refractivity contribution in [2.24, 2.45) is 0 Å². The number of rotatable bonds is 12. The molecule has 5 nitrogen and oxygen atoms in total. The first-order chi connectivity index (χ1) is 12.0. The predicted octanol–water partition coefficient (Wildman–Crippen LogP) is 3.83. The Labute approximate surface area is 151 Å². The average Bonchev–Trinajstić information content (AvgIpc) is 2.53. The minimum Gasteiger partial charge on any atom is -0.428 e. The number of benzene rings is 1. The van der Waals surface area contributed by atoms with Crippen molar-refractivity contribution < 1.29 is 30.7 Å². The monoisotopic (exact) mass is 400 g/mol. The minimum absolute atomic E-state index is 0.354. The Balaban J connectivity index is 2.31. The van der Waals surface area contributed by atoms with E-state index in [9.17, 15) is 26.0 Å². The Morgan fingerprint density at radius 3 is 2.38 bits per heavy atom. The minimum atomic E-state index is -4.54. The lowest BCUT2D eigenvalue weighted by molar-refractivity contribution is -0.253. The van der Waals surface area contributed by atoms with Crippen molar-refractivity contribution in [3.63, 3.8) is 0 Å². The van der Waals surface area contributed by atoms with Gasteiger partial charge in [0.2, 0.25) is 10.0 Å². The number of ether oxygens (including phenoxy) is 1. The van der Waals surface area contributed by atoms with Crippen LogP contribution in [0.4, 0.5) is 23.2 Å². The maximum atomic E-state index is 12.9. The van der Waals surface area contributed by atoms with Crippen molar-refractivity contribution in [3.8, 4) is 5.75 Å². The third kappa shape index (κ3) is 7.77. The van der Waals surface area contributed by atoms with Crippen LogP contribution < -0.4 is 14.8 Å². The van der Waals surface area contributed by atoms with Crippen LogP contribution in [0.1, 0.15) is 33.1 Å². The van der Waals surface area contributed by atoms with Gasteiger partial charge in [0.25, 0.3) is 0 Å². The number of unbranched alkanes of at least 4 members (excludes halogenated alkanes) is 2. The summed E-state index contributed by atoms with van der Waals surface area (Å²) in [6, 6.07) is 5.40. The second-order valence-corrected chi connectivity index (χ2v) is 8.29. The Morgan fingerprint density at radius 2 is 1.77 bits per heavy atom. The number of hydrogen-bond donors (Lipinski definition) is 2. The summed E-state index contributed by atoms with van der Waals surface area (Å²) in [5.41, 5.74) is 0.466. The van der Waals surface area contributed by atoms with Crippen molar-refractivity contribution >= 4 is 15.7 Å². The van der Waals surface area contributed by atoms with E-state index in [-0.39, 0.29) is 5.75 Å². The van der Waals surface area contributed by atoms with Gasteiger partial charge in [-0.2, -0.15) is 17.6 Å². The van der Waals surface area contributed by atoms with Crippen LogP contribution in [0.5, 0.6) is 5.75 Å². The van der Waals surface area contributed by atoms with Gasteiger partial charge in [0.05, 0.1) is 5.25 Å². The zero-order valence-electron chi connectivity index (χ0n) is 14.6. The fourth-order valence-electron chi connectivity index (χ4n) is 1.91. The summed E-state index contributed by atoms with van der Waals surface area (Å²) < 4.78 is 79.6. The molecule has 1 aromatic carbocycles. The third-order valence-electron chi connectivity index (χ3n) is 3.45. The van der Waals surface area contributed by atoms with Crippen LogP contribution in [0.2, 0.25) is 0 Å². The molecular formula is C16H24F4N2O3S. The summed E-state index contributed by atoms with van der Waals surface area (Å²) in [7, 11) is -3.25. The molecule has 0 saturated heterocycles. The Bertz CT molecular complexity index is 655. The van der Waals surface area contributed by atoms with E-state index >= 15 is 0 Å². The lowest BCUT2D eigenvalue weighted by Crippen LogP contribution is -2.33. The lowest BCUT2D eigenvalue weighted by atomic mass is 10.2. The van der Waals surface area contributed by atoms with E-state index in [0.717, 1.165) is 12.8 Å². The first-order valence-corrected chi connectivity index (χ1v) is 9.76. The number of halogens is 4. The second-order valence-electron chi connectivity index (χ2n) is 5.97. The molecule has 0 atom stereocenters. The van der Waals surface area contributed by atoms with E-state index < -0.39 is 27.8 Å². The predicted molar refractivity (Wildman–Crippen MR) is 92.4 cm³/mol. The molecule has 10 heteroatoms. The number of hydrogen-bond acceptors (Lipinski definition) is 4. The molecule has 0 fully saturated rings. The van der Waals surface area contributed by atoms with E-state index in [1.165, 1.54) is 18.2 Å². The standard InChI is InChI=1S/C16H24F4N2O3S/c1-12(2)26(23,24)22-10-5-3-4-9-21-13-7-6-8-14(11-13)25-16(19,20)15(17)18/h6-8,11-12,15,21-22H,3-5,9-10H2,1-2H3. The van der Waals surface area contributed by atoms with Gasteiger partial charge in [-0.25, -0.2) is 13.1 Å². The highest BCUT2D eigenvalue weighted by atomic mass is 32.2. The first-order valence-electron chi connectivity index (χ1n) is 8.22. The Morgan fingerprint density at radius 1 is 1.12 bits per heavy atom. The van der Waals surface area contributed by atoms with Crippen LogP contribution >= 0.6 is 0 Å². The zero-order chi connectivity index (χ0) is 19.8. The Hall–Kier alpha value is -1.55. The van der Waals surface area contributed by atoms with Gasteiger partial charge in [0.15, 0.2) is 0 Å². The van der Waals surface area contributed by atoms with Crippen molar-refractivity contribution in [2.75, 3.05) is 18.4 Å². The van der Waals surface area contributed by atoms with Crippen LogP contribution in [0, 0.1) is 0 Å². The van der Waals surface area contributed by atoms with E-state index in [2.05, 4.69) is 14.8 Å². The molecule has 0 spiro atoms. The van der Waals surface area contributed by atoms with Crippen LogP contribution in [-0.2, 0) is 10.0 Å². The summed E-state index contributed by atoms with van der Waals surface area (Å²) in [6.45, 7) is 4.07. The molecule has 0 heterocycles. The summed E-state index contributed by atoms with van der Waals surface area (Å²) in [4.78, 5) is 0. The van der Waals surface area contributed by atoms with Crippen molar-refractivity contribution in [1.82, 2.24) is 4.72 Å². The molecular weight excluding hydrogens is 376 g/mol. The van der Waals surface area contributed by atoms with E-state index in [4.69, 9.17) is 0 Å². The maximum absolute atomic E-state index is 12.9. The van der Waals surface area contributed by atoms with Gasteiger partial charge in [0.1, 0.15) is 5.75 Å². The normalized spacial score (nSPS) is 12.6. The molecule has 0 aliphatic heterocycles. The lowest BCUT2D eigenvalue weighted by Gasteiger charge is -2.17. The molecule has 0 aromatic heterocycles. The number of nitrogens with one attached hydrogen (secondary N) is 2. The highest BCUT2D eigenvalue weighted by Gasteiger charge is 2.43. The molecule has 0 amide bonds. The third-order valence-corrected chi connectivity index (χ3v) is 5.30. The van der Waals surface area contributed by atoms with Crippen LogP contribution in [0.25, 0.3) is 0 Å². The van der Waals surface area contributed by atoms with Crippen LogP contribution in [-0.4, -0.2) is 39.3 Å². The highest BCUT2D eigenvalue weighted by Crippen LogP contribution is 2.28. The molecule has 1 rings (SSSR count). The van der Waals surface area contributed by atoms with Gasteiger partial charge in [-0.15, -0.1) is 0 Å². The number of sulfonamides is 1. The van der Waals surface area contributed by atoms with E-state index in [1.54, 1.807) is 19.9 Å². The van der Waals surface area contributed by atoms with Gasteiger partial charge in [-0.1, -0.05) is 12.5 Å². The van der Waals surface area contributed by atoms with Gasteiger partial charge >= 0.3 is 12.5 Å². The summed E-state index contributed by atoms with van der Waals surface area (Å²) in [5.74, 6) is -0.358. The second kappa shape index (κ2) is 9.96. The Kier molecular flexibility index (Phi) is 8.61. The molecule has 1 aromatic rings. The molecule has 0 bridgehead atoms. The molecule has 0 saturated carbocycles. The van der Waals surface area contributed by atoms with Gasteiger partial charge in [0, 0.05) is 24.8 Å². The smallest absolute Gasteiger partial charge is 0.428 e. The summed E-state index contributed by atoms with van der Waals surface area (Å²) in [5, 5.41) is 2.50. The van der Waals surface area contributed by atoms with Gasteiger partial charge < -0.3 is 10.1 Å². The molecule has 0 unspecified atom stereocenters. The fourth-order valence-corrected chi connectivity index (χ4v) is 2.67. The number of alkyl halides is 4. The van der Waals surface area contributed by atoms with E-state index in [1.807, 2.05) is 0 Å². The van der Waals surface area contributed by atoms with Crippen LogP contribution in [0.15, 0.2) is 24.3 Å². The van der Waals surface area contributed by atoms with Crippen LogP contribution in [0.3, 0.4) is 0 Å². The molecule has 26 heavy (non-hydrogen) atoms. The fraction of sp³-hybridized carbons (Fsp3) is 0.625. The molecule has 0 aliphatic rings. The molecule has 150 valence electrons. The summed E-state index contributed by atoms with van der Waals surface area (Å²) >= 11 is 0. The van der Waals surface area contributed by atoms with Crippen molar-refractivity contribution in [2.45, 2.75) is 50.9 Å². The van der Waals surface area contributed by atoms with Crippen molar-refractivity contribution in [3.05, 3.63) is 24.3 Å². The van der Waals surface area contributed by atoms with Gasteiger partial charge in [-0.3, -0.25) is 0 Å². The largest absolute Gasteiger partial charge is 0.461 e. The average molecular weight is 400 g/mol. The highest BCUT2D eigenvalue weighted by molar-refractivity contribution is 7.90. The van der Waals surface area contributed by atoms with Crippen molar-refractivity contribution in [1.29, 1.82) is 0 Å². The topological polar surface area (TPSA) is 67.4 Å². The van der Waals surface area contributed by atoms with E-state index in [0.29, 0.717) is 25.2 Å². The maximum Gasteiger partial charge on any atom is 0.461 e. The molecule has 0 aliphatic carbocycles. The number of anilines is 1. The summed E-state index contributed by atoms with van der Waals surface area (Å²) in [6.07, 6.45) is -6.30. The molecule has 2 N–H and O–H groups in total.